The van der Waals surface area contributed by atoms with Gasteiger partial charge in [0.15, 0.2) is 0 Å². The van der Waals surface area contributed by atoms with Gasteiger partial charge in [0, 0.05) is 18.5 Å². The van der Waals surface area contributed by atoms with Crippen LogP contribution >= 0.6 is 11.3 Å². The number of likely N-dealkylation sites (N-methyl/N-ethyl adjacent to an activating group) is 2. The fourth-order valence-corrected chi connectivity index (χ4v) is 2.27. The van der Waals surface area contributed by atoms with Crippen LogP contribution in [0.5, 0.6) is 0 Å². The molecule has 0 atom stereocenters. The van der Waals surface area contributed by atoms with E-state index in [1.54, 1.807) is 18.4 Å². The van der Waals surface area contributed by atoms with E-state index in [1.807, 2.05) is 24.1 Å². The van der Waals surface area contributed by atoms with Gasteiger partial charge in [0.2, 0.25) is 5.91 Å². The molecule has 4 nitrogen and oxygen atoms in total. The topological polar surface area (TPSA) is 52.6 Å². The summed E-state index contributed by atoms with van der Waals surface area (Å²) in [6.07, 6.45) is 0. The predicted molar refractivity (Wildman–Crippen MR) is 68.7 cm³/mol. The van der Waals surface area contributed by atoms with Gasteiger partial charge in [0.1, 0.15) is 6.61 Å². The molecule has 0 aliphatic heterocycles. The lowest BCUT2D eigenvalue weighted by Gasteiger charge is -2.13. The fraction of sp³-hybridized carbons (Fsp3) is 0.417. The molecule has 0 saturated heterocycles. The number of aliphatic hydroxyl groups is 1. The number of carbonyl (C=O) groups is 1. The average molecular weight is 252 g/mol. The van der Waals surface area contributed by atoms with Gasteiger partial charge in [-0.2, -0.15) is 0 Å². The maximum absolute atomic E-state index is 11.2. The van der Waals surface area contributed by atoms with Crippen LogP contribution in [0.2, 0.25) is 0 Å². The van der Waals surface area contributed by atoms with Crippen molar-refractivity contribution in [1.29, 1.82) is 0 Å². The summed E-state index contributed by atoms with van der Waals surface area (Å²) in [4.78, 5) is 15.2. The highest BCUT2D eigenvalue weighted by Gasteiger charge is 2.06. The number of amides is 1. The minimum absolute atomic E-state index is 0.00403. The Bertz CT molecular complexity index is 431. The highest BCUT2D eigenvalue weighted by atomic mass is 32.1. The average Bonchev–Trinajstić information content (AvgIpc) is 2.73. The Kier molecular flexibility index (Phi) is 5.70. The van der Waals surface area contributed by atoms with Gasteiger partial charge in [-0.05, 0) is 19.2 Å². The predicted octanol–water partition coefficient (Wildman–Crippen LogP) is 0.270. The third-order valence-corrected chi connectivity index (χ3v) is 3.06. The van der Waals surface area contributed by atoms with Gasteiger partial charge in [-0.15, -0.1) is 11.3 Å². The largest absolute Gasteiger partial charge is 0.384 e. The molecule has 0 spiro atoms. The Hall–Kier alpha value is -1.35. The quantitative estimate of drug-likeness (QED) is 0.756. The van der Waals surface area contributed by atoms with Gasteiger partial charge < -0.3 is 10.4 Å². The summed E-state index contributed by atoms with van der Waals surface area (Å²) in [5.74, 6) is 5.48. The van der Waals surface area contributed by atoms with E-state index < -0.39 is 0 Å². The van der Waals surface area contributed by atoms with Gasteiger partial charge in [-0.1, -0.05) is 11.8 Å². The zero-order valence-electron chi connectivity index (χ0n) is 9.99. The van der Waals surface area contributed by atoms with E-state index in [4.69, 9.17) is 5.11 Å². The van der Waals surface area contributed by atoms with E-state index in [9.17, 15) is 4.79 Å². The van der Waals surface area contributed by atoms with Crippen molar-refractivity contribution in [3.05, 3.63) is 21.9 Å². The molecule has 0 aliphatic rings. The first-order valence-corrected chi connectivity index (χ1v) is 6.05. The summed E-state index contributed by atoms with van der Waals surface area (Å²) < 4.78 is 0. The molecule has 1 aromatic heterocycles. The Morgan fingerprint density at radius 3 is 3.00 bits per heavy atom. The van der Waals surface area contributed by atoms with Gasteiger partial charge in [-0.3, -0.25) is 9.69 Å². The normalized spacial score (nSPS) is 9.88. The highest BCUT2D eigenvalue weighted by molar-refractivity contribution is 7.12. The number of hydrogen-bond acceptors (Lipinski definition) is 4. The third kappa shape index (κ3) is 5.00. The summed E-state index contributed by atoms with van der Waals surface area (Å²) in [5, 5.41) is 11.2. The summed E-state index contributed by atoms with van der Waals surface area (Å²) in [6.45, 7) is 0.981. The molecule has 17 heavy (non-hydrogen) atoms. The van der Waals surface area contributed by atoms with Crippen molar-refractivity contribution in [3.63, 3.8) is 0 Å². The molecule has 0 unspecified atom stereocenters. The summed E-state index contributed by atoms with van der Waals surface area (Å²) in [5.41, 5.74) is 0. The van der Waals surface area contributed by atoms with E-state index in [0.29, 0.717) is 6.54 Å². The van der Waals surface area contributed by atoms with Crippen LogP contribution in [-0.4, -0.2) is 43.2 Å². The minimum Gasteiger partial charge on any atom is -0.384 e. The molecular formula is C12H16N2O2S. The SMILES string of the molecule is CNC(=O)CN(C)Cc1ccc(C#CCO)s1. The first-order chi connectivity index (χ1) is 8.15. The Labute approximate surface area is 105 Å². The fourth-order valence-electron chi connectivity index (χ4n) is 1.30. The number of nitrogens with one attached hydrogen (secondary N) is 1. The molecule has 0 saturated carbocycles. The molecule has 1 heterocycles. The molecule has 0 fully saturated rings. The van der Waals surface area contributed by atoms with Crippen LogP contribution in [0, 0.1) is 11.8 Å². The van der Waals surface area contributed by atoms with E-state index in [0.717, 1.165) is 16.3 Å². The molecule has 0 bridgehead atoms. The van der Waals surface area contributed by atoms with Crippen molar-refractivity contribution in [3.8, 4) is 11.8 Å². The standard InChI is InChI=1S/C12H16N2O2S/c1-13-12(16)9-14(2)8-11-6-5-10(17-11)4-3-7-15/h5-6,15H,7-9H2,1-2H3,(H,13,16). The Balaban J connectivity index is 2.51. The summed E-state index contributed by atoms with van der Waals surface area (Å²) >= 11 is 1.58. The molecule has 0 aliphatic carbocycles. The van der Waals surface area contributed by atoms with Crippen LogP contribution in [-0.2, 0) is 11.3 Å². The number of carbonyl (C=O) groups excluding carboxylic acids is 1. The van der Waals surface area contributed by atoms with Crippen LogP contribution in [0.4, 0.5) is 0 Å². The van der Waals surface area contributed by atoms with Crippen molar-refractivity contribution < 1.29 is 9.90 Å². The third-order valence-electron chi connectivity index (χ3n) is 2.07. The second kappa shape index (κ2) is 7.07. The van der Waals surface area contributed by atoms with Crippen molar-refractivity contribution in [2.45, 2.75) is 6.54 Å². The van der Waals surface area contributed by atoms with Crippen molar-refractivity contribution >= 4 is 17.2 Å². The molecule has 1 aromatic rings. The lowest BCUT2D eigenvalue weighted by molar-refractivity contribution is -0.121. The number of aliphatic hydroxyl groups excluding tert-OH is 1. The lowest BCUT2D eigenvalue weighted by atomic mass is 10.4. The first-order valence-electron chi connectivity index (χ1n) is 5.23. The monoisotopic (exact) mass is 252 g/mol. The number of hydrogen-bond donors (Lipinski definition) is 2. The zero-order chi connectivity index (χ0) is 12.7. The van der Waals surface area contributed by atoms with E-state index in [2.05, 4.69) is 17.2 Å². The van der Waals surface area contributed by atoms with E-state index in [-0.39, 0.29) is 12.5 Å². The van der Waals surface area contributed by atoms with Crippen LogP contribution in [0.15, 0.2) is 12.1 Å². The molecule has 92 valence electrons. The lowest BCUT2D eigenvalue weighted by Crippen LogP contribution is -2.32. The molecule has 0 radical (unpaired) electrons. The second-order valence-electron chi connectivity index (χ2n) is 3.57. The molecule has 0 aromatic carbocycles. The first kappa shape index (κ1) is 13.7. The zero-order valence-corrected chi connectivity index (χ0v) is 10.8. The summed E-state index contributed by atoms with van der Waals surface area (Å²) in [7, 11) is 3.53. The number of nitrogens with zero attached hydrogens (tertiary/aromatic N) is 1. The van der Waals surface area contributed by atoms with Gasteiger partial charge in [0.25, 0.3) is 0 Å². The minimum atomic E-state index is -0.121. The highest BCUT2D eigenvalue weighted by Crippen LogP contribution is 2.16. The molecule has 5 heteroatoms. The molecule has 1 amide bonds. The Morgan fingerprint density at radius 2 is 2.35 bits per heavy atom. The number of rotatable bonds is 4. The maximum Gasteiger partial charge on any atom is 0.233 e. The Morgan fingerprint density at radius 1 is 1.59 bits per heavy atom. The van der Waals surface area contributed by atoms with Crippen molar-refractivity contribution in [2.24, 2.45) is 0 Å². The van der Waals surface area contributed by atoms with Crippen molar-refractivity contribution in [1.82, 2.24) is 10.2 Å². The summed E-state index contributed by atoms with van der Waals surface area (Å²) in [6, 6.07) is 3.92. The smallest absolute Gasteiger partial charge is 0.233 e. The van der Waals surface area contributed by atoms with Gasteiger partial charge in [-0.25, -0.2) is 0 Å². The van der Waals surface area contributed by atoms with Crippen molar-refractivity contribution in [2.75, 3.05) is 27.2 Å². The molecule has 1 rings (SSSR count). The van der Waals surface area contributed by atoms with Crippen LogP contribution in [0.25, 0.3) is 0 Å². The van der Waals surface area contributed by atoms with E-state index >= 15 is 0 Å². The van der Waals surface area contributed by atoms with Crippen LogP contribution in [0.3, 0.4) is 0 Å². The molecular weight excluding hydrogens is 236 g/mol. The van der Waals surface area contributed by atoms with Gasteiger partial charge >= 0.3 is 0 Å². The maximum atomic E-state index is 11.2. The van der Waals surface area contributed by atoms with E-state index in [1.165, 1.54) is 0 Å². The van der Waals surface area contributed by atoms with Gasteiger partial charge in [0.05, 0.1) is 11.4 Å². The second-order valence-corrected chi connectivity index (χ2v) is 4.74. The van der Waals surface area contributed by atoms with Crippen LogP contribution in [0.1, 0.15) is 9.75 Å². The van der Waals surface area contributed by atoms with Crippen LogP contribution < -0.4 is 5.32 Å². The molecule has 2 N–H and O–H groups in total. The number of thiophene rings is 1.